The van der Waals surface area contributed by atoms with Crippen LogP contribution in [0.3, 0.4) is 0 Å². The van der Waals surface area contributed by atoms with Crippen molar-refractivity contribution in [2.24, 2.45) is 0 Å². The van der Waals surface area contributed by atoms with Crippen molar-refractivity contribution in [2.45, 2.75) is 24.9 Å². The van der Waals surface area contributed by atoms with Crippen molar-refractivity contribution in [2.75, 3.05) is 19.5 Å². The van der Waals surface area contributed by atoms with Crippen molar-refractivity contribution < 1.29 is 9.47 Å². The Bertz CT molecular complexity index is 1210. The molecule has 0 radical (unpaired) electrons. The number of rotatable bonds is 8. The predicted octanol–water partition coefficient (Wildman–Crippen LogP) is 5.95. The van der Waals surface area contributed by atoms with Gasteiger partial charge in [-0.25, -0.2) is 4.98 Å². The van der Waals surface area contributed by atoms with Crippen LogP contribution in [0.5, 0.6) is 11.5 Å². The lowest BCUT2D eigenvalue weighted by Gasteiger charge is -2.07. The molecular formula is C24H24N2O3S2. The van der Waals surface area contributed by atoms with Crippen LogP contribution in [-0.4, -0.2) is 29.4 Å². The molecule has 7 heteroatoms. The van der Waals surface area contributed by atoms with Gasteiger partial charge in [0, 0.05) is 16.7 Å². The highest BCUT2D eigenvalue weighted by molar-refractivity contribution is 7.99. The number of aromatic amines is 1. The van der Waals surface area contributed by atoms with Crippen LogP contribution in [0.25, 0.3) is 21.3 Å². The van der Waals surface area contributed by atoms with Gasteiger partial charge in [0.1, 0.15) is 16.3 Å². The lowest BCUT2D eigenvalue weighted by Crippen LogP contribution is -2.09. The molecule has 0 amide bonds. The third-order valence-electron chi connectivity index (χ3n) is 4.96. The normalized spacial score (nSPS) is 11.2. The van der Waals surface area contributed by atoms with Gasteiger partial charge in [-0.3, -0.25) is 4.79 Å². The zero-order valence-electron chi connectivity index (χ0n) is 17.7. The summed E-state index contributed by atoms with van der Waals surface area (Å²) in [6, 6.07) is 15.9. The minimum Gasteiger partial charge on any atom is -0.497 e. The molecule has 2 heterocycles. The first-order chi connectivity index (χ1) is 15.0. The molecule has 160 valence electrons. The Kier molecular flexibility index (Phi) is 6.63. The second-order valence-corrected chi connectivity index (χ2v) is 9.29. The largest absolute Gasteiger partial charge is 0.497 e. The van der Waals surface area contributed by atoms with Crippen LogP contribution in [0.15, 0.2) is 63.9 Å². The molecule has 5 nitrogen and oxygen atoms in total. The van der Waals surface area contributed by atoms with Crippen molar-refractivity contribution in [3.05, 3.63) is 69.8 Å². The number of nitrogens with zero attached hydrogens (tertiary/aromatic N) is 1. The number of thioether (sulfide) groups is 1. The Balaban J connectivity index is 1.44. The molecule has 31 heavy (non-hydrogen) atoms. The molecule has 2 aromatic carbocycles. The second kappa shape index (κ2) is 9.58. The van der Waals surface area contributed by atoms with Crippen LogP contribution < -0.4 is 15.0 Å². The molecular weight excluding hydrogens is 428 g/mol. The molecule has 0 aliphatic rings. The molecule has 2 aromatic heterocycles. The van der Waals surface area contributed by atoms with Crippen molar-refractivity contribution in [1.29, 1.82) is 0 Å². The number of thiophene rings is 1. The molecule has 0 aliphatic carbocycles. The van der Waals surface area contributed by atoms with E-state index in [0.29, 0.717) is 28.8 Å². The summed E-state index contributed by atoms with van der Waals surface area (Å²) >= 11 is 2.98. The Morgan fingerprint density at radius 2 is 1.77 bits per heavy atom. The number of H-pyrrole nitrogens is 1. The monoisotopic (exact) mass is 452 g/mol. The fourth-order valence-corrected chi connectivity index (χ4v) is 4.91. The van der Waals surface area contributed by atoms with E-state index in [1.165, 1.54) is 28.7 Å². The van der Waals surface area contributed by atoms with Gasteiger partial charge >= 0.3 is 0 Å². The van der Waals surface area contributed by atoms with E-state index in [-0.39, 0.29) is 5.56 Å². The average molecular weight is 453 g/mol. The van der Waals surface area contributed by atoms with E-state index in [1.807, 2.05) is 29.6 Å². The van der Waals surface area contributed by atoms with E-state index in [9.17, 15) is 4.79 Å². The maximum absolute atomic E-state index is 12.8. The van der Waals surface area contributed by atoms with Crippen LogP contribution in [-0.2, 0) is 0 Å². The summed E-state index contributed by atoms with van der Waals surface area (Å²) in [6.07, 6.45) is 0. The number of hydrogen-bond acceptors (Lipinski definition) is 6. The van der Waals surface area contributed by atoms with Crippen LogP contribution in [0, 0.1) is 0 Å². The molecule has 0 unspecified atom stereocenters. The molecule has 0 saturated carbocycles. The van der Waals surface area contributed by atoms with Gasteiger partial charge in [0.15, 0.2) is 5.16 Å². The third-order valence-corrected chi connectivity index (χ3v) is 6.67. The zero-order chi connectivity index (χ0) is 21.8. The van der Waals surface area contributed by atoms with Gasteiger partial charge in [0.25, 0.3) is 5.56 Å². The van der Waals surface area contributed by atoms with Crippen LogP contribution >= 0.6 is 23.1 Å². The van der Waals surface area contributed by atoms with E-state index in [0.717, 1.165) is 27.5 Å². The van der Waals surface area contributed by atoms with Crippen LogP contribution in [0.2, 0.25) is 0 Å². The van der Waals surface area contributed by atoms with E-state index >= 15 is 0 Å². The highest BCUT2D eigenvalue weighted by Gasteiger charge is 2.13. The van der Waals surface area contributed by atoms with E-state index < -0.39 is 0 Å². The first-order valence-corrected chi connectivity index (χ1v) is 11.9. The van der Waals surface area contributed by atoms with Gasteiger partial charge in [0.05, 0.1) is 19.1 Å². The van der Waals surface area contributed by atoms with Crippen LogP contribution in [0.4, 0.5) is 0 Å². The fraction of sp³-hybridized carbons (Fsp3) is 0.250. The smallest absolute Gasteiger partial charge is 0.260 e. The first-order valence-electron chi connectivity index (χ1n) is 10.1. The minimum atomic E-state index is -0.104. The summed E-state index contributed by atoms with van der Waals surface area (Å²) in [5, 5.41) is 3.28. The summed E-state index contributed by atoms with van der Waals surface area (Å²) in [5.74, 6) is 2.73. The van der Waals surface area contributed by atoms with Gasteiger partial charge in [-0.1, -0.05) is 49.9 Å². The predicted molar refractivity (Wildman–Crippen MR) is 129 cm³/mol. The average Bonchev–Trinajstić information content (AvgIpc) is 3.22. The topological polar surface area (TPSA) is 64.2 Å². The van der Waals surface area contributed by atoms with E-state index in [4.69, 9.17) is 9.47 Å². The number of aromatic nitrogens is 2. The highest BCUT2D eigenvalue weighted by atomic mass is 32.2. The number of fused-ring (bicyclic) bond motifs is 1. The Hall–Kier alpha value is -2.77. The summed E-state index contributed by atoms with van der Waals surface area (Å²) < 4.78 is 10.9. The molecule has 0 fully saturated rings. The SMILES string of the molecule is COc1ccc(OCCSc2nc3scc(-c4ccc(C(C)C)cc4)c3c(=O)[nH]2)cc1. The number of benzene rings is 2. The molecule has 0 saturated heterocycles. The van der Waals surface area contributed by atoms with Gasteiger partial charge in [-0.05, 0) is 41.3 Å². The van der Waals surface area contributed by atoms with Crippen LogP contribution in [0.1, 0.15) is 25.3 Å². The molecule has 4 aromatic rings. The van der Waals surface area contributed by atoms with Gasteiger partial charge < -0.3 is 14.5 Å². The standard InChI is InChI=1S/C24H24N2O3S2/c1-15(2)16-4-6-17(7-5-16)20-14-31-23-21(20)22(27)25-24(26-23)30-13-12-29-19-10-8-18(28-3)9-11-19/h4-11,14-15H,12-13H2,1-3H3,(H,25,26,27). The molecule has 4 rings (SSSR count). The summed E-state index contributed by atoms with van der Waals surface area (Å²) in [5.41, 5.74) is 3.15. The lowest BCUT2D eigenvalue weighted by molar-refractivity contribution is 0.342. The molecule has 0 spiro atoms. The number of methoxy groups -OCH3 is 1. The molecule has 1 N–H and O–H groups in total. The number of hydrogen-bond donors (Lipinski definition) is 1. The van der Waals surface area contributed by atoms with Crippen molar-refractivity contribution in [3.8, 4) is 22.6 Å². The van der Waals surface area contributed by atoms with E-state index in [1.54, 1.807) is 7.11 Å². The highest BCUT2D eigenvalue weighted by Crippen LogP contribution is 2.32. The van der Waals surface area contributed by atoms with Gasteiger partial charge in [-0.2, -0.15) is 0 Å². The molecule has 0 atom stereocenters. The van der Waals surface area contributed by atoms with Gasteiger partial charge in [0.2, 0.25) is 0 Å². The quantitative estimate of drug-likeness (QED) is 0.203. The minimum absolute atomic E-state index is 0.104. The molecule has 0 aliphatic heterocycles. The lowest BCUT2D eigenvalue weighted by atomic mass is 9.99. The summed E-state index contributed by atoms with van der Waals surface area (Å²) in [4.78, 5) is 21.1. The van der Waals surface area contributed by atoms with Crippen molar-refractivity contribution in [1.82, 2.24) is 9.97 Å². The van der Waals surface area contributed by atoms with Gasteiger partial charge in [-0.15, -0.1) is 11.3 Å². The van der Waals surface area contributed by atoms with E-state index in [2.05, 4.69) is 48.1 Å². The van der Waals surface area contributed by atoms with Crippen molar-refractivity contribution >= 4 is 33.3 Å². The molecule has 0 bridgehead atoms. The maximum atomic E-state index is 12.8. The third kappa shape index (κ3) is 4.94. The second-order valence-electron chi connectivity index (χ2n) is 7.35. The summed E-state index contributed by atoms with van der Waals surface area (Å²) in [6.45, 7) is 4.85. The Morgan fingerprint density at radius 3 is 2.45 bits per heavy atom. The summed E-state index contributed by atoms with van der Waals surface area (Å²) in [7, 11) is 1.64. The first kappa shape index (κ1) is 21.5. The Labute approximate surface area is 189 Å². The zero-order valence-corrected chi connectivity index (χ0v) is 19.3. The maximum Gasteiger partial charge on any atom is 0.260 e. The number of ether oxygens (including phenoxy) is 2. The van der Waals surface area contributed by atoms with Crippen molar-refractivity contribution in [3.63, 3.8) is 0 Å². The number of nitrogens with one attached hydrogen (secondary N) is 1. The Morgan fingerprint density at radius 1 is 1.06 bits per heavy atom. The fourth-order valence-electron chi connectivity index (χ4n) is 3.23.